The molecule has 2 amide bonds. The second-order valence-electron chi connectivity index (χ2n) is 9.54. The molecule has 188 valence electrons. The van der Waals surface area contributed by atoms with Crippen LogP contribution >= 0.6 is 0 Å². The molecule has 1 aromatic heterocycles. The highest BCUT2D eigenvalue weighted by Crippen LogP contribution is 2.19. The van der Waals surface area contributed by atoms with Crippen LogP contribution in [0.5, 0.6) is 0 Å². The molecule has 1 N–H and O–H groups in total. The first kappa shape index (κ1) is 26.2. The second-order valence-corrected chi connectivity index (χ2v) is 9.54. The standard InChI is InChI=1S/C27H36N4O4/c1-6-18-31(26(33)35-27(2,3)4)23(25(32)29-34-19-20-12-8-7-9-13-20)16-17-24-28-21-14-10-11-15-22(21)30(24)5/h7-15,23H,6,16-19H2,1-5H3,(H,29,32). The summed E-state index contributed by atoms with van der Waals surface area (Å²) in [7, 11) is 1.96. The Morgan fingerprint density at radius 1 is 1.09 bits per heavy atom. The van der Waals surface area contributed by atoms with E-state index in [2.05, 4.69) is 5.48 Å². The molecule has 0 aliphatic rings. The largest absolute Gasteiger partial charge is 0.444 e. The molecule has 0 aliphatic carbocycles. The van der Waals surface area contributed by atoms with Crippen molar-refractivity contribution in [3.05, 3.63) is 66.0 Å². The zero-order valence-corrected chi connectivity index (χ0v) is 21.3. The van der Waals surface area contributed by atoms with Crippen LogP contribution in [0.25, 0.3) is 11.0 Å². The van der Waals surface area contributed by atoms with Crippen LogP contribution in [0.1, 0.15) is 51.9 Å². The van der Waals surface area contributed by atoms with Crippen LogP contribution in [0.4, 0.5) is 4.79 Å². The van der Waals surface area contributed by atoms with E-state index in [0.717, 1.165) is 22.4 Å². The summed E-state index contributed by atoms with van der Waals surface area (Å²) < 4.78 is 7.65. The first-order valence-corrected chi connectivity index (χ1v) is 12.0. The summed E-state index contributed by atoms with van der Waals surface area (Å²) in [6.45, 7) is 8.01. The van der Waals surface area contributed by atoms with E-state index in [4.69, 9.17) is 14.6 Å². The molecule has 0 aliphatic heterocycles. The highest BCUT2D eigenvalue weighted by Gasteiger charge is 2.33. The zero-order chi connectivity index (χ0) is 25.4. The first-order valence-electron chi connectivity index (χ1n) is 12.0. The van der Waals surface area contributed by atoms with Gasteiger partial charge in [-0.15, -0.1) is 0 Å². The van der Waals surface area contributed by atoms with Gasteiger partial charge >= 0.3 is 6.09 Å². The topological polar surface area (TPSA) is 85.7 Å². The summed E-state index contributed by atoms with van der Waals surface area (Å²) in [5.41, 5.74) is 4.72. The van der Waals surface area contributed by atoms with Crippen molar-refractivity contribution in [1.29, 1.82) is 0 Å². The lowest BCUT2D eigenvalue weighted by atomic mass is 10.1. The van der Waals surface area contributed by atoms with E-state index in [1.165, 1.54) is 4.90 Å². The monoisotopic (exact) mass is 480 g/mol. The number of aromatic nitrogens is 2. The van der Waals surface area contributed by atoms with Crippen molar-refractivity contribution < 1.29 is 19.2 Å². The maximum atomic E-state index is 13.3. The SMILES string of the molecule is CCCN(C(=O)OC(C)(C)C)C(CCc1nc2ccccc2n1C)C(=O)NOCc1ccccc1. The van der Waals surface area contributed by atoms with E-state index in [-0.39, 0.29) is 12.5 Å². The van der Waals surface area contributed by atoms with Gasteiger partial charge in [-0.2, -0.15) is 0 Å². The van der Waals surface area contributed by atoms with Gasteiger partial charge in [-0.05, 0) is 51.3 Å². The molecule has 0 bridgehead atoms. The highest BCUT2D eigenvalue weighted by molar-refractivity contribution is 5.85. The Balaban J connectivity index is 1.78. The van der Waals surface area contributed by atoms with Gasteiger partial charge in [0.15, 0.2) is 0 Å². The number of fused-ring (bicyclic) bond motifs is 1. The summed E-state index contributed by atoms with van der Waals surface area (Å²) in [6, 6.07) is 16.7. The van der Waals surface area contributed by atoms with Crippen LogP contribution in [-0.2, 0) is 34.4 Å². The summed E-state index contributed by atoms with van der Waals surface area (Å²) in [5, 5.41) is 0. The minimum absolute atomic E-state index is 0.226. The molecular weight excluding hydrogens is 444 g/mol. The second kappa shape index (κ2) is 11.8. The average Bonchev–Trinajstić information content (AvgIpc) is 3.13. The lowest BCUT2D eigenvalue weighted by Crippen LogP contribution is -2.51. The van der Waals surface area contributed by atoms with E-state index in [1.807, 2.05) is 93.9 Å². The number of benzene rings is 2. The predicted octanol–water partition coefficient (Wildman–Crippen LogP) is 4.77. The molecule has 2 aromatic carbocycles. The minimum Gasteiger partial charge on any atom is -0.444 e. The number of ether oxygens (including phenoxy) is 1. The number of rotatable bonds is 10. The van der Waals surface area contributed by atoms with Crippen LogP contribution < -0.4 is 5.48 Å². The summed E-state index contributed by atoms with van der Waals surface area (Å²) >= 11 is 0. The molecule has 0 saturated carbocycles. The van der Waals surface area contributed by atoms with Crippen LogP contribution in [0, 0.1) is 0 Å². The Bertz CT molecular complexity index is 1120. The van der Waals surface area contributed by atoms with E-state index in [0.29, 0.717) is 25.8 Å². The lowest BCUT2D eigenvalue weighted by Gasteiger charge is -2.32. The summed E-state index contributed by atoms with van der Waals surface area (Å²) in [5.74, 6) is 0.453. The van der Waals surface area contributed by atoms with E-state index < -0.39 is 17.7 Å². The van der Waals surface area contributed by atoms with Crippen LogP contribution in [0.3, 0.4) is 0 Å². The molecule has 0 saturated heterocycles. The Kier molecular flexibility index (Phi) is 8.87. The van der Waals surface area contributed by atoms with E-state index in [1.54, 1.807) is 0 Å². The van der Waals surface area contributed by atoms with Crippen molar-refractivity contribution in [2.45, 2.75) is 65.2 Å². The van der Waals surface area contributed by atoms with Crippen molar-refractivity contribution in [1.82, 2.24) is 19.9 Å². The maximum absolute atomic E-state index is 13.3. The number of imidazole rings is 1. The molecule has 0 spiro atoms. The van der Waals surface area contributed by atoms with Crippen LogP contribution in [-0.4, -0.2) is 44.6 Å². The predicted molar refractivity (Wildman–Crippen MR) is 135 cm³/mol. The molecule has 3 rings (SSSR count). The molecule has 1 atom stereocenters. The fourth-order valence-corrected chi connectivity index (χ4v) is 3.88. The quantitative estimate of drug-likeness (QED) is 0.423. The van der Waals surface area contributed by atoms with Gasteiger partial charge in [-0.3, -0.25) is 14.5 Å². The van der Waals surface area contributed by atoms with Gasteiger partial charge in [0.25, 0.3) is 5.91 Å². The molecular formula is C27H36N4O4. The van der Waals surface area contributed by atoms with Gasteiger partial charge < -0.3 is 9.30 Å². The Hall–Kier alpha value is -3.39. The van der Waals surface area contributed by atoms with Gasteiger partial charge in [0.05, 0.1) is 17.6 Å². The third-order valence-corrected chi connectivity index (χ3v) is 5.55. The van der Waals surface area contributed by atoms with Gasteiger partial charge in [0, 0.05) is 20.0 Å². The number of carbonyl (C=O) groups is 2. The normalized spacial score (nSPS) is 12.4. The molecule has 0 radical (unpaired) electrons. The van der Waals surface area contributed by atoms with Crippen LogP contribution in [0.15, 0.2) is 54.6 Å². The number of carbonyl (C=O) groups excluding carboxylic acids is 2. The molecule has 8 heteroatoms. The van der Waals surface area contributed by atoms with Gasteiger partial charge in [-0.1, -0.05) is 49.4 Å². The number of amides is 2. The molecule has 0 fully saturated rings. The molecule has 3 aromatic rings. The number of hydrogen-bond donors (Lipinski definition) is 1. The Morgan fingerprint density at radius 2 is 1.77 bits per heavy atom. The van der Waals surface area contributed by atoms with Gasteiger partial charge in [0.2, 0.25) is 0 Å². The fourth-order valence-electron chi connectivity index (χ4n) is 3.88. The number of aryl methyl sites for hydroxylation is 2. The molecule has 1 unspecified atom stereocenters. The molecule has 8 nitrogen and oxygen atoms in total. The van der Waals surface area contributed by atoms with Crippen molar-refractivity contribution in [3.8, 4) is 0 Å². The molecule has 35 heavy (non-hydrogen) atoms. The van der Waals surface area contributed by atoms with Gasteiger partial charge in [0.1, 0.15) is 17.5 Å². The third kappa shape index (κ3) is 7.29. The van der Waals surface area contributed by atoms with E-state index >= 15 is 0 Å². The Labute approximate surface area is 207 Å². The lowest BCUT2D eigenvalue weighted by molar-refractivity contribution is -0.140. The molecule has 1 heterocycles. The third-order valence-electron chi connectivity index (χ3n) is 5.55. The number of nitrogens with zero attached hydrogens (tertiary/aromatic N) is 3. The smallest absolute Gasteiger partial charge is 0.410 e. The number of hydrogen-bond acceptors (Lipinski definition) is 5. The van der Waals surface area contributed by atoms with E-state index in [9.17, 15) is 9.59 Å². The number of para-hydroxylation sites is 2. The Morgan fingerprint density at radius 3 is 2.43 bits per heavy atom. The van der Waals surface area contributed by atoms with Gasteiger partial charge in [-0.25, -0.2) is 15.3 Å². The van der Waals surface area contributed by atoms with Crippen molar-refractivity contribution in [2.75, 3.05) is 6.54 Å². The maximum Gasteiger partial charge on any atom is 0.410 e. The number of hydroxylamine groups is 1. The zero-order valence-electron chi connectivity index (χ0n) is 21.3. The fraction of sp³-hybridized carbons (Fsp3) is 0.444. The van der Waals surface area contributed by atoms with Crippen molar-refractivity contribution in [2.24, 2.45) is 7.05 Å². The van der Waals surface area contributed by atoms with Crippen molar-refractivity contribution in [3.63, 3.8) is 0 Å². The average molecular weight is 481 g/mol. The highest BCUT2D eigenvalue weighted by atomic mass is 16.7. The van der Waals surface area contributed by atoms with Crippen molar-refractivity contribution >= 4 is 23.0 Å². The minimum atomic E-state index is -0.777. The summed E-state index contributed by atoms with van der Waals surface area (Å²) in [6.07, 6.45) is 1.04. The summed E-state index contributed by atoms with van der Waals surface area (Å²) in [4.78, 5) is 38.1. The number of nitrogens with one attached hydrogen (secondary N) is 1. The first-order chi connectivity index (χ1) is 16.7. The van der Waals surface area contributed by atoms with Crippen LogP contribution in [0.2, 0.25) is 0 Å².